The van der Waals surface area contributed by atoms with E-state index in [2.05, 4.69) is 5.32 Å². The van der Waals surface area contributed by atoms with Crippen LogP contribution in [0.2, 0.25) is 5.02 Å². The number of anilines is 1. The molecule has 2 aromatic carbocycles. The van der Waals surface area contributed by atoms with Crippen LogP contribution in [0.5, 0.6) is 11.5 Å². The molecule has 0 spiro atoms. The lowest BCUT2D eigenvalue weighted by atomic mass is 10.1. The van der Waals surface area contributed by atoms with Crippen molar-refractivity contribution in [3.63, 3.8) is 0 Å². The number of benzene rings is 2. The van der Waals surface area contributed by atoms with Crippen molar-refractivity contribution in [2.45, 2.75) is 13.0 Å². The van der Waals surface area contributed by atoms with E-state index in [0.29, 0.717) is 11.5 Å². The van der Waals surface area contributed by atoms with E-state index in [1.165, 1.54) is 19.2 Å². The molecule has 0 saturated heterocycles. The lowest BCUT2D eigenvalue weighted by Gasteiger charge is -2.24. The van der Waals surface area contributed by atoms with Crippen molar-refractivity contribution in [1.29, 1.82) is 0 Å². The number of ether oxygens (including phenoxy) is 2. The molecule has 0 heterocycles. The Balaban J connectivity index is 2.21. The third-order valence-corrected chi connectivity index (χ3v) is 5.53. The van der Waals surface area contributed by atoms with Crippen LogP contribution in [0.3, 0.4) is 0 Å². The van der Waals surface area contributed by atoms with Crippen molar-refractivity contribution in [3.8, 4) is 11.5 Å². The quantitative estimate of drug-likeness (QED) is 0.701. The topological polar surface area (TPSA) is 84.9 Å². The van der Waals surface area contributed by atoms with Crippen LogP contribution in [0.15, 0.2) is 42.5 Å². The van der Waals surface area contributed by atoms with Crippen molar-refractivity contribution < 1.29 is 22.7 Å². The number of nitrogens with one attached hydrogen (secondary N) is 1. The molecule has 0 bridgehead atoms. The van der Waals surface area contributed by atoms with Gasteiger partial charge >= 0.3 is 0 Å². The Bertz CT molecular complexity index is 949. The molecule has 7 nitrogen and oxygen atoms in total. The molecule has 152 valence electrons. The van der Waals surface area contributed by atoms with E-state index in [1.54, 1.807) is 26.2 Å². The second-order valence-corrected chi connectivity index (χ2v) is 8.43. The van der Waals surface area contributed by atoms with E-state index in [0.717, 1.165) is 16.1 Å². The molecule has 2 aromatic rings. The molecule has 0 aliphatic rings. The van der Waals surface area contributed by atoms with E-state index in [4.69, 9.17) is 21.1 Å². The van der Waals surface area contributed by atoms with Crippen LogP contribution < -0.4 is 19.1 Å². The maximum atomic E-state index is 12.5. The maximum Gasteiger partial charge on any atom is 0.241 e. The number of sulfonamides is 1. The summed E-state index contributed by atoms with van der Waals surface area (Å²) in [6.45, 7) is 1.41. The first-order valence-electron chi connectivity index (χ1n) is 8.41. The van der Waals surface area contributed by atoms with Gasteiger partial charge < -0.3 is 14.8 Å². The highest BCUT2D eigenvalue weighted by atomic mass is 35.5. The van der Waals surface area contributed by atoms with Crippen LogP contribution in [-0.2, 0) is 14.8 Å². The van der Waals surface area contributed by atoms with Gasteiger partial charge in [-0.1, -0.05) is 29.8 Å². The Labute approximate surface area is 170 Å². The van der Waals surface area contributed by atoms with Gasteiger partial charge in [-0.25, -0.2) is 8.42 Å². The number of hydrogen-bond acceptors (Lipinski definition) is 5. The second-order valence-electron chi connectivity index (χ2n) is 6.12. The minimum atomic E-state index is -3.71. The monoisotopic (exact) mass is 426 g/mol. The van der Waals surface area contributed by atoms with Gasteiger partial charge in [0.05, 0.1) is 37.2 Å². The number of nitrogens with zero attached hydrogens (tertiary/aromatic N) is 1. The average molecular weight is 427 g/mol. The Kier molecular flexibility index (Phi) is 7.15. The summed E-state index contributed by atoms with van der Waals surface area (Å²) >= 11 is 6.10. The number of carbonyl (C=O) groups excluding carboxylic acids is 1. The molecule has 1 atom stereocenters. The first-order chi connectivity index (χ1) is 13.2. The Morgan fingerprint density at radius 1 is 1.14 bits per heavy atom. The highest BCUT2D eigenvalue weighted by Gasteiger charge is 2.23. The number of para-hydroxylation sites is 1. The molecular formula is C19H23ClN2O5S. The molecule has 0 aliphatic carbocycles. The molecule has 0 radical (unpaired) electrons. The first-order valence-corrected chi connectivity index (χ1v) is 10.6. The maximum absolute atomic E-state index is 12.5. The Morgan fingerprint density at radius 3 is 2.36 bits per heavy atom. The second kappa shape index (κ2) is 9.16. The van der Waals surface area contributed by atoms with Gasteiger partial charge in [0.25, 0.3) is 0 Å². The van der Waals surface area contributed by atoms with Gasteiger partial charge in [0.15, 0.2) is 0 Å². The largest absolute Gasteiger partial charge is 0.496 e. The molecule has 1 N–H and O–H groups in total. The summed E-state index contributed by atoms with van der Waals surface area (Å²) in [7, 11) is -0.706. The molecule has 1 amide bonds. The minimum Gasteiger partial charge on any atom is -0.496 e. The van der Waals surface area contributed by atoms with Crippen molar-refractivity contribution in [1.82, 2.24) is 5.32 Å². The fraction of sp³-hybridized carbons (Fsp3) is 0.316. The number of halogens is 1. The predicted octanol–water partition coefficient (Wildman–Crippen LogP) is 3.00. The highest BCUT2D eigenvalue weighted by molar-refractivity contribution is 7.92. The zero-order chi connectivity index (χ0) is 20.9. The van der Waals surface area contributed by atoms with E-state index >= 15 is 0 Å². The SMILES string of the molecule is COc1ccc(N(CC(=O)NC(C)c2ccccc2OC)S(C)(=O)=O)cc1Cl. The standard InChI is InChI=1S/C19H23ClN2O5S/c1-13(15-7-5-6-8-17(15)26-2)21-19(23)12-22(28(4,24)25)14-9-10-18(27-3)16(20)11-14/h5-11,13H,12H2,1-4H3,(H,21,23). The summed E-state index contributed by atoms with van der Waals surface area (Å²) in [5, 5.41) is 3.04. The van der Waals surface area contributed by atoms with Gasteiger partial charge in [0.2, 0.25) is 15.9 Å². The lowest BCUT2D eigenvalue weighted by Crippen LogP contribution is -2.41. The van der Waals surface area contributed by atoms with E-state index in [-0.39, 0.29) is 23.3 Å². The molecule has 1 unspecified atom stereocenters. The van der Waals surface area contributed by atoms with E-state index < -0.39 is 15.9 Å². The minimum absolute atomic E-state index is 0.247. The summed E-state index contributed by atoms with van der Waals surface area (Å²) in [6, 6.07) is 11.4. The summed E-state index contributed by atoms with van der Waals surface area (Å²) in [5.74, 6) is 0.584. The number of carbonyl (C=O) groups is 1. The number of rotatable bonds is 8. The van der Waals surface area contributed by atoms with Gasteiger partial charge in [-0.3, -0.25) is 9.10 Å². The number of hydrogen-bond donors (Lipinski definition) is 1. The molecule has 2 rings (SSSR count). The van der Waals surface area contributed by atoms with Crippen molar-refractivity contribution >= 4 is 33.2 Å². The van der Waals surface area contributed by atoms with Gasteiger partial charge in [-0.15, -0.1) is 0 Å². The van der Waals surface area contributed by atoms with Crippen LogP contribution in [0, 0.1) is 0 Å². The zero-order valence-corrected chi connectivity index (χ0v) is 17.7. The lowest BCUT2D eigenvalue weighted by molar-refractivity contribution is -0.120. The van der Waals surface area contributed by atoms with E-state index in [9.17, 15) is 13.2 Å². The summed E-state index contributed by atoms with van der Waals surface area (Å²) < 4.78 is 35.9. The van der Waals surface area contributed by atoms with Gasteiger partial charge in [-0.2, -0.15) is 0 Å². The van der Waals surface area contributed by atoms with Crippen LogP contribution >= 0.6 is 11.6 Å². The first kappa shape index (κ1) is 21.8. The fourth-order valence-electron chi connectivity index (χ4n) is 2.73. The van der Waals surface area contributed by atoms with E-state index in [1.807, 2.05) is 18.2 Å². The van der Waals surface area contributed by atoms with Gasteiger partial charge in [0.1, 0.15) is 18.0 Å². The summed E-state index contributed by atoms with van der Waals surface area (Å²) in [6.07, 6.45) is 1.03. The summed E-state index contributed by atoms with van der Waals surface area (Å²) in [5.41, 5.74) is 1.06. The van der Waals surface area contributed by atoms with Crippen molar-refractivity contribution in [3.05, 3.63) is 53.1 Å². The van der Waals surface area contributed by atoms with Gasteiger partial charge in [-0.05, 0) is 31.2 Å². The number of amides is 1. The Morgan fingerprint density at radius 2 is 1.79 bits per heavy atom. The normalized spacial score (nSPS) is 12.2. The van der Waals surface area contributed by atoms with Crippen LogP contribution in [-0.4, -0.2) is 41.3 Å². The van der Waals surface area contributed by atoms with Crippen LogP contribution in [0.4, 0.5) is 5.69 Å². The summed E-state index contributed by atoms with van der Waals surface area (Å²) in [4.78, 5) is 12.5. The molecule has 9 heteroatoms. The third kappa shape index (κ3) is 5.30. The molecule has 28 heavy (non-hydrogen) atoms. The van der Waals surface area contributed by atoms with Crippen LogP contribution in [0.25, 0.3) is 0 Å². The Hall–Kier alpha value is -2.45. The van der Waals surface area contributed by atoms with Crippen molar-refractivity contribution in [2.24, 2.45) is 0 Å². The molecule has 0 aliphatic heterocycles. The fourth-order valence-corrected chi connectivity index (χ4v) is 3.83. The molecule has 0 fully saturated rings. The third-order valence-electron chi connectivity index (χ3n) is 4.09. The smallest absolute Gasteiger partial charge is 0.241 e. The predicted molar refractivity (Wildman–Crippen MR) is 110 cm³/mol. The van der Waals surface area contributed by atoms with Crippen molar-refractivity contribution in [2.75, 3.05) is 31.3 Å². The molecule has 0 aromatic heterocycles. The van der Waals surface area contributed by atoms with Gasteiger partial charge in [0, 0.05) is 5.56 Å². The molecular weight excluding hydrogens is 404 g/mol. The molecule has 0 saturated carbocycles. The highest BCUT2D eigenvalue weighted by Crippen LogP contribution is 2.30. The number of methoxy groups -OCH3 is 2. The zero-order valence-electron chi connectivity index (χ0n) is 16.1. The van der Waals surface area contributed by atoms with Crippen LogP contribution in [0.1, 0.15) is 18.5 Å². The average Bonchev–Trinajstić information content (AvgIpc) is 2.65.